The minimum absolute atomic E-state index is 0.00277. The van der Waals surface area contributed by atoms with Crippen LogP contribution in [0.2, 0.25) is 0 Å². The summed E-state index contributed by atoms with van der Waals surface area (Å²) in [4.78, 5) is 3.38. The summed E-state index contributed by atoms with van der Waals surface area (Å²) < 4.78 is 69.8. The number of nitrogens with zero attached hydrogens (tertiary/aromatic N) is 3. The van der Waals surface area contributed by atoms with Crippen LogP contribution in [0, 0.1) is 11.3 Å². The van der Waals surface area contributed by atoms with E-state index in [9.17, 15) is 21.6 Å². The quantitative estimate of drug-likeness (QED) is 0.810. The first-order valence-corrected chi connectivity index (χ1v) is 8.84. The molecule has 6 nitrogen and oxygen atoms in total. The second kappa shape index (κ2) is 6.59. The number of nitriles is 1. The van der Waals surface area contributed by atoms with Gasteiger partial charge in [0.2, 0.25) is 10.0 Å². The largest absolute Gasteiger partial charge is 0.488 e. The molecule has 0 unspecified atom stereocenters. The number of ether oxygens (including phenoxy) is 1. The van der Waals surface area contributed by atoms with Crippen LogP contribution in [0.5, 0.6) is 5.75 Å². The number of aromatic nitrogens is 1. The Labute approximate surface area is 147 Å². The molecule has 0 atom stereocenters. The van der Waals surface area contributed by atoms with Gasteiger partial charge in [-0.2, -0.15) is 22.7 Å². The van der Waals surface area contributed by atoms with Crippen LogP contribution in [0.3, 0.4) is 0 Å². The first kappa shape index (κ1) is 18.2. The summed E-state index contributed by atoms with van der Waals surface area (Å²) in [5, 5.41) is 8.79. The molecule has 0 aliphatic carbocycles. The minimum Gasteiger partial charge on any atom is -0.488 e. The molecule has 1 aromatic carbocycles. The van der Waals surface area contributed by atoms with E-state index in [1.54, 1.807) is 0 Å². The molecule has 0 N–H and O–H groups in total. The van der Waals surface area contributed by atoms with Gasteiger partial charge in [0.25, 0.3) is 0 Å². The minimum atomic E-state index is -4.62. The van der Waals surface area contributed by atoms with Gasteiger partial charge in [0.1, 0.15) is 23.6 Å². The van der Waals surface area contributed by atoms with Gasteiger partial charge in [0.15, 0.2) is 0 Å². The first-order valence-electron chi connectivity index (χ1n) is 7.40. The molecule has 1 aliphatic rings. The number of pyridine rings is 1. The third kappa shape index (κ3) is 3.63. The zero-order valence-electron chi connectivity index (χ0n) is 13.1. The summed E-state index contributed by atoms with van der Waals surface area (Å²) in [6.07, 6.45) is -3.68. The molecule has 1 aliphatic heterocycles. The predicted molar refractivity (Wildman–Crippen MR) is 83.6 cm³/mol. The number of hydrogen-bond acceptors (Lipinski definition) is 5. The van der Waals surface area contributed by atoms with Crippen molar-refractivity contribution in [1.29, 1.82) is 5.26 Å². The van der Waals surface area contributed by atoms with Crippen LogP contribution in [0.4, 0.5) is 13.2 Å². The molecule has 0 bridgehead atoms. The van der Waals surface area contributed by atoms with Gasteiger partial charge in [0, 0.05) is 12.3 Å². The number of sulfonamides is 1. The summed E-state index contributed by atoms with van der Waals surface area (Å²) in [7, 11) is -4.03. The van der Waals surface area contributed by atoms with Crippen molar-refractivity contribution in [2.24, 2.45) is 0 Å². The van der Waals surface area contributed by atoms with E-state index in [0.29, 0.717) is 11.8 Å². The van der Waals surface area contributed by atoms with Gasteiger partial charge in [-0.25, -0.2) is 13.4 Å². The van der Waals surface area contributed by atoms with Crippen molar-refractivity contribution in [2.45, 2.75) is 17.2 Å². The van der Waals surface area contributed by atoms with Gasteiger partial charge in [-0.05, 0) is 24.3 Å². The fourth-order valence-corrected chi connectivity index (χ4v) is 3.94. The van der Waals surface area contributed by atoms with Crippen molar-refractivity contribution < 1.29 is 26.3 Å². The summed E-state index contributed by atoms with van der Waals surface area (Å²) >= 11 is 0. The fraction of sp³-hybridized carbons (Fsp3) is 0.250. The van der Waals surface area contributed by atoms with Gasteiger partial charge in [-0.15, -0.1) is 0 Å². The normalized spacial score (nSPS) is 15.9. The Balaban J connectivity index is 1.69. The average molecular weight is 383 g/mol. The van der Waals surface area contributed by atoms with E-state index >= 15 is 0 Å². The van der Waals surface area contributed by atoms with E-state index < -0.39 is 32.8 Å². The maximum atomic E-state index is 12.8. The number of benzene rings is 1. The van der Waals surface area contributed by atoms with Crippen LogP contribution in [0.1, 0.15) is 11.3 Å². The molecule has 1 saturated heterocycles. The summed E-state index contributed by atoms with van der Waals surface area (Å²) in [6, 6.07) is 8.43. The topological polar surface area (TPSA) is 83.3 Å². The molecule has 26 heavy (non-hydrogen) atoms. The molecule has 0 radical (unpaired) electrons. The Morgan fingerprint density at radius 1 is 1.23 bits per heavy atom. The molecular formula is C16H12F3N3O3S. The molecule has 0 saturated carbocycles. The van der Waals surface area contributed by atoms with Crippen molar-refractivity contribution in [3.8, 4) is 11.8 Å². The summed E-state index contributed by atoms with van der Waals surface area (Å²) in [6.45, 7) is 0.00553. The highest BCUT2D eigenvalue weighted by atomic mass is 32.2. The highest BCUT2D eigenvalue weighted by Crippen LogP contribution is 2.32. The van der Waals surface area contributed by atoms with Crippen LogP contribution < -0.4 is 4.74 Å². The lowest BCUT2D eigenvalue weighted by molar-refractivity contribution is -0.137. The predicted octanol–water partition coefficient (Wildman–Crippen LogP) is 2.42. The van der Waals surface area contributed by atoms with Crippen LogP contribution in [-0.4, -0.2) is 36.9 Å². The zero-order chi connectivity index (χ0) is 18.9. The Morgan fingerprint density at radius 2 is 1.96 bits per heavy atom. The standard InChI is InChI=1S/C16H12F3N3O3S/c17-16(18,19)11-2-1-3-15(6-11)26(23,24)22-9-14(10-22)25-13-4-5-21-12(7-13)8-20/h1-7,14H,9-10H2. The lowest BCUT2D eigenvalue weighted by Crippen LogP contribution is -2.55. The van der Waals surface area contributed by atoms with E-state index in [-0.39, 0.29) is 18.8 Å². The molecule has 3 rings (SSSR count). The SMILES string of the molecule is N#Cc1cc(OC2CN(S(=O)(=O)c3cccc(C(F)(F)F)c3)C2)ccn1. The molecular weight excluding hydrogens is 371 g/mol. The van der Waals surface area contributed by atoms with Crippen molar-refractivity contribution in [2.75, 3.05) is 13.1 Å². The summed E-state index contributed by atoms with van der Waals surface area (Å²) in [5.41, 5.74) is -0.858. The molecule has 1 fully saturated rings. The third-order valence-corrected chi connectivity index (χ3v) is 5.59. The van der Waals surface area contributed by atoms with Crippen molar-refractivity contribution in [3.63, 3.8) is 0 Å². The third-order valence-electron chi connectivity index (χ3n) is 3.76. The smallest absolute Gasteiger partial charge is 0.416 e. The fourth-order valence-electron chi connectivity index (χ4n) is 2.39. The van der Waals surface area contributed by atoms with Crippen molar-refractivity contribution in [3.05, 3.63) is 53.9 Å². The molecule has 136 valence electrons. The Kier molecular flexibility index (Phi) is 4.60. The van der Waals surface area contributed by atoms with Gasteiger partial charge < -0.3 is 4.74 Å². The first-order chi connectivity index (χ1) is 12.2. The van der Waals surface area contributed by atoms with E-state index in [4.69, 9.17) is 10.00 Å². The van der Waals surface area contributed by atoms with Gasteiger partial charge in [0.05, 0.1) is 23.5 Å². The second-order valence-corrected chi connectivity index (χ2v) is 7.51. The van der Waals surface area contributed by atoms with E-state index in [2.05, 4.69) is 4.98 Å². The highest BCUT2D eigenvalue weighted by Gasteiger charge is 2.39. The maximum absolute atomic E-state index is 12.8. The van der Waals surface area contributed by atoms with Gasteiger partial charge in [-0.3, -0.25) is 0 Å². The lowest BCUT2D eigenvalue weighted by atomic mass is 10.2. The Morgan fingerprint density at radius 3 is 2.62 bits per heavy atom. The molecule has 0 amide bonds. The molecule has 2 aromatic rings. The van der Waals surface area contributed by atoms with Crippen molar-refractivity contribution in [1.82, 2.24) is 9.29 Å². The number of halogens is 3. The number of alkyl halides is 3. The van der Waals surface area contributed by atoms with E-state index in [0.717, 1.165) is 22.5 Å². The monoisotopic (exact) mass is 383 g/mol. The second-order valence-electron chi connectivity index (χ2n) is 5.58. The maximum Gasteiger partial charge on any atom is 0.416 e. The highest BCUT2D eigenvalue weighted by molar-refractivity contribution is 7.89. The Bertz CT molecular complexity index is 964. The van der Waals surface area contributed by atoms with Gasteiger partial charge >= 0.3 is 6.18 Å². The van der Waals surface area contributed by atoms with Crippen LogP contribution >= 0.6 is 0 Å². The van der Waals surface area contributed by atoms with Crippen LogP contribution in [-0.2, 0) is 16.2 Å². The molecule has 0 spiro atoms. The summed E-state index contributed by atoms with van der Waals surface area (Å²) in [5.74, 6) is 0.373. The number of hydrogen-bond donors (Lipinski definition) is 0. The number of rotatable bonds is 4. The lowest BCUT2D eigenvalue weighted by Gasteiger charge is -2.37. The Hall–Kier alpha value is -2.64. The molecule has 1 aromatic heterocycles. The van der Waals surface area contributed by atoms with Crippen LogP contribution in [0.15, 0.2) is 47.5 Å². The van der Waals surface area contributed by atoms with Crippen molar-refractivity contribution >= 4 is 10.0 Å². The molecule has 10 heteroatoms. The average Bonchev–Trinajstić information content (AvgIpc) is 2.57. The zero-order valence-corrected chi connectivity index (χ0v) is 14.0. The van der Waals surface area contributed by atoms with Crippen LogP contribution in [0.25, 0.3) is 0 Å². The van der Waals surface area contributed by atoms with Gasteiger partial charge in [-0.1, -0.05) is 6.07 Å². The molecule has 2 heterocycles. The van der Waals surface area contributed by atoms with E-state index in [1.165, 1.54) is 18.3 Å². The van der Waals surface area contributed by atoms with E-state index in [1.807, 2.05) is 6.07 Å².